The molecule has 1 N–H and O–H groups in total. The fourth-order valence-corrected chi connectivity index (χ4v) is 4.06. The Balaban J connectivity index is 1.75. The summed E-state index contributed by atoms with van der Waals surface area (Å²) in [5.41, 5.74) is 3.38. The Bertz CT molecular complexity index is 1390. The SMILES string of the molecule is CN(C)c1ccc2c3c(cccc13)C(=O)N(c1ccc3[nH]c(=O)n(C)c3c1)C2=O. The molecule has 2 heterocycles. The summed E-state index contributed by atoms with van der Waals surface area (Å²) in [6.45, 7) is 0. The maximum atomic E-state index is 13.3. The zero-order valence-electron chi connectivity index (χ0n) is 16.2. The number of aromatic nitrogens is 2. The van der Waals surface area contributed by atoms with Gasteiger partial charge >= 0.3 is 5.69 Å². The molecule has 3 aromatic carbocycles. The number of hydrogen-bond donors (Lipinski definition) is 1. The van der Waals surface area contributed by atoms with Crippen molar-refractivity contribution in [3.8, 4) is 0 Å². The Hall–Kier alpha value is -3.87. The van der Waals surface area contributed by atoms with Gasteiger partial charge in [-0.05, 0) is 36.4 Å². The number of aromatic amines is 1. The number of rotatable bonds is 2. The van der Waals surface area contributed by atoms with Crippen molar-refractivity contribution in [3.05, 3.63) is 70.1 Å². The molecule has 0 fully saturated rings. The normalized spacial score (nSPS) is 13.6. The second kappa shape index (κ2) is 5.81. The number of imidazole rings is 1. The van der Waals surface area contributed by atoms with Gasteiger partial charge in [0.2, 0.25) is 0 Å². The van der Waals surface area contributed by atoms with Gasteiger partial charge in [-0.25, -0.2) is 9.69 Å². The lowest BCUT2D eigenvalue weighted by Gasteiger charge is -2.28. The minimum absolute atomic E-state index is 0.250. The van der Waals surface area contributed by atoms with Crippen LogP contribution in [0.1, 0.15) is 20.7 Å². The first kappa shape index (κ1) is 17.2. The summed E-state index contributed by atoms with van der Waals surface area (Å²) in [4.78, 5) is 44.4. The van der Waals surface area contributed by atoms with Crippen LogP contribution in [-0.2, 0) is 7.05 Å². The third-order valence-electron chi connectivity index (χ3n) is 5.51. The Morgan fingerprint density at radius 2 is 1.62 bits per heavy atom. The second-order valence-electron chi connectivity index (χ2n) is 7.39. The molecule has 1 aromatic heterocycles. The molecule has 7 nitrogen and oxygen atoms in total. The van der Waals surface area contributed by atoms with Crippen LogP contribution in [0.4, 0.5) is 11.4 Å². The molecule has 0 saturated heterocycles. The fraction of sp³-hybridized carbons (Fsp3) is 0.136. The molecule has 5 rings (SSSR count). The van der Waals surface area contributed by atoms with Crippen molar-refractivity contribution in [3.63, 3.8) is 0 Å². The summed E-state index contributed by atoms with van der Waals surface area (Å²) < 4.78 is 1.45. The molecule has 0 saturated carbocycles. The predicted molar refractivity (Wildman–Crippen MR) is 113 cm³/mol. The largest absolute Gasteiger partial charge is 0.377 e. The molecule has 1 aliphatic rings. The molecule has 0 spiro atoms. The van der Waals surface area contributed by atoms with Gasteiger partial charge < -0.3 is 9.88 Å². The monoisotopic (exact) mass is 386 g/mol. The molecule has 1 aliphatic heterocycles. The minimum Gasteiger partial charge on any atom is -0.377 e. The van der Waals surface area contributed by atoms with Gasteiger partial charge in [0.05, 0.1) is 16.7 Å². The molecule has 144 valence electrons. The van der Waals surface area contributed by atoms with Crippen molar-refractivity contribution < 1.29 is 9.59 Å². The lowest BCUT2D eigenvalue weighted by molar-refractivity contribution is 0.0893. The lowest BCUT2D eigenvalue weighted by atomic mass is 9.92. The number of imide groups is 1. The topological polar surface area (TPSA) is 78.4 Å². The van der Waals surface area contributed by atoms with Crippen LogP contribution in [0.2, 0.25) is 0 Å². The van der Waals surface area contributed by atoms with E-state index >= 15 is 0 Å². The molecule has 0 atom stereocenters. The van der Waals surface area contributed by atoms with Gasteiger partial charge in [-0.1, -0.05) is 12.1 Å². The molecule has 2 amide bonds. The number of aryl methyl sites for hydroxylation is 1. The Morgan fingerprint density at radius 1 is 0.897 bits per heavy atom. The second-order valence-corrected chi connectivity index (χ2v) is 7.39. The van der Waals surface area contributed by atoms with Crippen LogP contribution in [0.3, 0.4) is 0 Å². The van der Waals surface area contributed by atoms with Crippen molar-refractivity contribution in [2.45, 2.75) is 0 Å². The lowest BCUT2D eigenvalue weighted by Crippen LogP contribution is -2.40. The minimum atomic E-state index is -0.371. The number of hydrogen-bond acceptors (Lipinski definition) is 4. The summed E-state index contributed by atoms with van der Waals surface area (Å²) in [5, 5.41) is 1.55. The number of benzene rings is 3. The standard InChI is InChI=1S/C22H18N4O3/c1-24(2)17-10-8-15-19-13(17)5-4-6-14(19)20(27)26(21(15)28)12-7-9-16-18(11-12)25(3)22(29)23-16/h4-11H,1-3H3,(H,23,29). The third-order valence-corrected chi connectivity index (χ3v) is 5.51. The highest BCUT2D eigenvalue weighted by molar-refractivity contribution is 6.36. The van der Waals surface area contributed by atoms with E-state index in [9.17, 15) is 14.4 Å². The summed E-state index contributed by atoms with van der Waals surface area (Å²) in [7, 11) is 5.50. The van der Waals surface area contributed by atoms with Crippen molar-refractivity contribution in [1.82, 2.24) is 9.55 Å². The maximum absolute atomic E-state index is 13.3. The van der Waals surface area contributed by atoms with E-state index in [0.29, 0.717) is 33.2 Å². The Labute approximate surface area is 165 Å². The van der Waals surface area contributed by atoms with Crippen molar-refractivity contribution in [2.24, 2.45) is 7.05 Å². The molecule has 29 heavy (non-hydrogen) atoms. The van der Waals surface area contributed by atoms with Crippen LogP contribution in [0.15, 0.2) is 53.3 Å². The van der Waals surface area contributed by atoms with E-state index in [1.165, 1.54) is 9.47 Å². The van der Waals surface area contributed by atoms with Gasteiger partial charge in [0.25, 0.3) is 11.8 Å². The Kier molecular flexibility index (Phi) is 3.46. The number of anilines is 2. The van der Waals surface area contributed by atoms with Crippen molar-refractivity contribution in [1.29, 1.82) is 0 Å². The van der Waals surface area contributed by atoms with Crippen LogP contribution in [0.25, 0.3) is 21.8 Å². The number of nitrogens with one attached hydrogen (secondary N) is 1. The summed E-state index contributed by atoms with van der Waals surface area (Å²) >= 11 is 0. The molecule has 0 aliphatic carbocycles. The maximum Gasteiger partial charge on any atom is 0.326 e. The number of carbonyl (C=O) groups is 2. The smallest absolute Gasteiger partial charge is 0.326 e. The van der Waals surface area contributed by atoms with Gasteiger partial charge in [0.15, 0.2) is 0 Å². The summed E-state index contributed by atoms with van der Waals surface area (Å²) in [6.07, 6.45) is 0. The van der Waals surface area contributed by atoms with Crippen LogP contribution >= 0.6 is 0 Å². The van der Waals surface area contributed by atoms with E-state index in [1.54, 1.807) is 37.4 Å². The predicted octanol–water partition coefficient (Wildman–Crippen LogP) is 2.89. The van der Waals surface area contributed by atoms with Crippen LogP contribution in [0, 0.1) is 0 Å². The van der Waals surface area contributed by atoms with Crippen LogP contribution < -0.4 is 15.5 Å². The number of carbonyl (C=O) groups excluding carboxylic acids is 2. The van der Waals surface area contributed by atoms with E-state index < -0.39 is 0 Å². The van der Waals surface area contributed by atoms with Gasteiger partial charge in [0.1, 0.15) is 0 Å². The number of fused-ring (bicyclic) bond motifs is 1. The third kappa shape index (κ3) is 2.27. The van der Waals surface area contributed by atoms with Gasteiger partial charge in [-0.3, -0.25) is 14.2 Å². The van der Waals surface area contributed by atoms with Crippen LogP contribution in [0.5, 0.6) is 0 Å². The average Bonchev–Trinajstić information content (AvgIpc) is 2.99. The first-order valence-corrected chi connectivity index (χ1v) is 9.19. The molecule has 4 aromatic rings. The zero-order valence-corrected chi connectivity index (χ0v) is 16.2. The summed E-state index contributed by atoms with van der Waals surface area (Å²) in [5.74, 6) is -0.743. The number of H-pyrrole nitrogens is 1. The van der Waals surface area contributed by atoms with Crippen LogP contribution in [-0.4, -0.2) is 35.5 Å². The average molecular weight is 386 g/mol. The number of nitrogens with zero attached hydrogens (tertiary/aromatic N) is 3. The fourth-order valence-electron chi connectivity index (χ4n) is 4.06. The first-order chi connectivity index (χ1) is 13.9. The molecule has 7 heteroatoms. The summed E-state index contributed by atoms with van der Waals surface area (Å²) in [6, 6.07) is 14.2. The highest BCUT2D eigenvalue weighted by Gasteiger charge is 2.34. The van der Waals surface area contributed by atoms with E-state index in [1.807, 2.05) is 37.2 Å². The van der Waals surface area contributed by atoms with E-state index in [-0.39, 0.29) is 17.5 Å². The molecule has 0 unspecified atom stereocenters. The molecule has 0 bridgehead atoms. The quantitative estimate of drug-likeness (QED) is 0.538. The van der Waals surface area contributed by atoms with Gasteiger partial charge in [0, 0.05) is 48.7 Å². The molecular weight excluding hydrogens is 368 g/mol. The first-order valence-electron chi connectivity index (χ1n) is 9.19. The Morgan fingerprint density at radius 3 is 2.34 bits per heavy atom. The highest BCUT2D eigenvalue weighted by atomic mass is 16.2. The molecular formula is C22H18N4O3. The van der Waals surface area contributed by atoms with Crippen molar-refractivity contribution >= 4 is 45.0 Å². The van der Waals surface area contributed by atoms with E-state index in [4.69, 9.17) is 0 Å². The zero-order chi connectivity index (χ0) is 20.4. The van der Waals surface area contributed by atoms with Gasteiger partial charge in [-0.15, -0.1) is 0 Å². The van der Waals surface area contributed by atoms with Gasteiger partial charge in [-0.2, -0.15) is 0 Å². The molecule has 0 radical (unpaired) electrons. The highest BCUT2D eigenvalue weighted by Crippen LogP contribution is 2.37. The van der Waals surface area contributed by atoms with E-state index in [0.717, 1.165) is 11.1 Å². The van der Waals surface area contributed by atoms with E-state index in [2.05, 4.69) is 4.98 Å². The van der Waals surface area contributed by atoms with Crippen molar-refractivity contribution in [2.75, 3.05) is 23.9 Å². The number of amides is 2.